The van der Waals surface area contributed by atoms with Crippen LogP contribution >= 0.6 is 22.7 Å². The summed E-state index contributed by atoms with van der Waals surface area (Å²) in [5.74, 6) is -0.378. The molecule has 5 aromatic rings. The molecule has 3 N–H and O–H groups in total. The zero-order chi connectivity index (χ0) is 25.2. The van der Waals surface area contributed by atoms with Gasteiger partial charge in [0.1, 0.15) is 18.0 Å². The second kappa shape index (κ2) is 9.84. The first-order valence-corrected chi connectivity index (χ1v) is 12.5. The number of halogens is 1. The first kappa shape index (κ1) is 23.6. The number of aromatic hydroxyl groups is 1. The Hall–Kier alpha value is -4.15. The minimum atomic E-state index is -0.529. The molecule has 0 fully saturated rings. The Balaban J connectivity index is 1.29. The lowest BCUT2D eigenvalue weighted by molar-refractivity contribution is 0.323. The van der Waals surface area contributed by atoms with Gasteiger partial charge in [0.2, 0.25) is 17.1 Å². The maximum absolute atomic E-state index is 13.8. The maximum Gasteiger partial charge on any atom is 0.307 e. The van der Waals surface area contributed by atoms with Crippen molar-refractivity contribution < 1.29 is 18.7 Å². The summed E-state index contributed by atoms with van der Waals surface area (Å²) in [7, 11) is 0. The fourth-order valence-corrected chi connectivity index (χ4v) is 5.07. The molecule has 0 aliphatic carbocycles. The number of benzene rings is 2. The molecule has 0 spiro atoms. The summed E-state index contributed by atoms with van der Waals surface area (Å²) in [5, 5.41) is 15.0. The SMILES string of the molecule is C=C(c1ccc(NCCOc2c(-c3cccs3)oc3ccc(F)cc3c2=O)cc1)c1sc(=O)[nH]c1O. The molecular formula is C26H19FN2O5S2. The van der Waals surface area contributed by atoms with Gasteiger partial charge < -0.3 is 19.6 Å². The van der Waals surface area contributed by atoms with Gasteiger partial charge in [-0.1, -0.05) is 36.1 Å². The van der Waals surface area contributed by atoms with E-state index in [0.717, 1.165) is 33.5 Å². The van der Waals surface area contributed by atoms with Crippen LogP contribution in [0.2, 0.25) is 0 Å². The third kappa shape index (κ3) is 4.68. The van der Waals surface area contributed by atoms with Crippen molar-refractivity contribution in [2.24, 2.45) is 0 Å². The predicted octanol–water partition coefficient (Wildman–Crippen LogP) is 5.67. The number of H-pyrrole nitrogens is 1. The lowest BCUT2D eigenvalue weighted by Gasteiger charge is -2.12. The molecule has 36 heavy (non-hydrogen) atoms. The van der Waals surface area contributed by atoms with Crippen LogP contribution in [0.4, 0.5) is 10.1 Å². The van der Waals surface area contributed by atoms with Crippen LogP contribution in [0.1, 0.15) is 10.4 Å². The summed E-state index contributed by atoms with van der Waals surface area (Å²) in [6, 6.07) is 14.8. The van der Waals surface area contributed by atoms with Crippen molar-refractivity contribution in [3.8, 4) is 22.3 Å². The Bertz CT molecular complexity index is 1670. The largest absolute Gasteiger partial charge is 0.493 e. The number of hydrogen-bond donors (Lipinski definition) is 3. The monoisotopic (exact) mass is 522 g/mol. The average molecular weight is 523 g/mol. The third-order valence-electron chi connectivity index (χ3n) is 5.37. The van der Waals surface area contributed by atoms with E-state index in [2.05, 4.69) is 16.9 Å². The molecule has 3 heterocycles. The zero-order valence-corrected chi connectivity index (χ0v) is 20.3. The minimum Gasteiger partial charge on any atom is -0.493 e. The van der Waals surface area contributed by atoms with E-state index in [9.17, 15) is 19.1 Å². The number of ether oxygens (including phenoxy) is 1. The van der Waals surface area contributed by atoms with E-state index in [1.54, 1.807) is 0 Å². The molecule has 0 radical (unpaired) electrons. The van der Waals surface area contributed by atoms with E-state index >= 15 is 0 Å². The molecule has 0 unspecified atom stereocenters. The van der Waals surface area contributed by atoms with Crippen LogP contribution in [0.5, 0.6) is 11.6 Å². The van der Waals surface area contributed by atoms with Gasteiger partial charge in [0.15, 0.2) is 5.76 Å². The van der Waals surface area contributed by atoms with E-state index in [1.807, 2.05) is 41.8 Å². The molecule has 0 bridgehead atoms. The van der Waals surface area contributed by atoms with Gasteiger partial charge in [0.25, 0.3) is 0 Å². The molecule has 0 atom stereocenters. The second-order valence-electron chi connectivity index (χ2n) is 7.73. The number of nitrogens with one attached hydrogen (secondary N) is 2. The second-order valence-corrected chi connectivity index (χ2v) is 9.66. The highest BCUT2D eigenvalue weighted by Gasteiger charge is 2.19. The van der Waals surface area contributed by atoms with Crippen molar-refractivity contribution >= 4 is 44.9 Å². The smallest absolute Gasteiger partial charge is 0.307 e. The predicted molar refractivity (Wildman–Crippen MR) is 141 cm³/mol. The highest BCUT2D eigenvalue weighted by molar-refractivity contribution is 7.13. The van der Waals surface area contributed by atoms with Gasteiger partial charge in [0.05, 0.1) is 15.1 Å². The zero-order valence-electron chi connectivity index (χ0n) is 18.7. The lowest BCUT2D eigenvalue weighted by atomic mass is 10.1. The van der Waals surface area contributed by atoms with Crippen molar-refractivity contribution in [3.05, 3.63) is 103 Å². The molecular weight excluding hydrogens is 503 g/mol. The van der Waals surface area contributed by atoms with Crippen molar-refractivity contribution in [1.29, 1.82) is 0 Å². The summed E-state index contributed by atoms with van der Waals surface area (Å²) in [6.45, 7) is 4.50. The van der Waals surface area contributed by atoms with Crippen LogP contribution in [0.25, 0.3) is 27.2 Å². The minimum absolute atomic E-state index is 0.0364. The molecule has 0 aliphatic heterocycles. The van der Waals surface area contributed by atoms with Crippen molar-refractivity contribution in [1.82, 2.24) is 4.98 Å². The van der Waals surface area contributed by atoms with Crippen molar-refractivity contribution in [2.45, 2.75) is 0 Å². The van der Waals surface area contributed by atoms with Crippen LogP contribution in [-0.2, 0) is 0 Å². The third-order valence-corrected chi connectivity index (χ3v) is 7.17. The Labute approximate surface area is 211 Å². The highest BCUT2D eigenvalue weighted by Crippen LogP contribution is 2.34. The van der Waals surface area contributed by atoms with Gasteiger partial charge in [0, 0.05) is 12.2 Å². The Kier molecular flexibility index (Phi) is 6.45. The molecule has 0 aliphatic rings. The van der Waals surface area contributed by atoms with Crippen LogP contribution in [0.3, 0.4) is 0 Å². The van der Waals surface area contributed by atoms with Crippen LogP contribution in [0.15, 0.2) is 80.6 Å². The average Bonchev–Trinajstić information content (AvgIpc) is 3.52. The van der Waals surface area contributed by atoms with E-state index in [-0.39, 0.29) is 34.1 Å². The number of aromatic nitrogens is 1. The molecule has 10 heteroatoms. The van der Waals surface area contributed by atoms with E-state index in [0.29, 0.717) is 22.8 Å². The molecule has 5 rings (SSSR count). The summed E-state index contributed by atoms with van der Waals surface area (Å²) in [6.07, 6.45) is 0. The fraction of sp³-hybridized carbons (Fsp3) is 0.0769. The number of rotatable bonds is 8. The van der Waals surface area contributed by atoms with E-state index in [1.165, 1.54) is 23.5 Å². The quantitative estimate of drug-likeness (QED) is 0.227. The first-order valence-electron chi connectivity index (χ1n) is 10.8. The molecule has 182 valence electrons. The number of fused-ring (bicyclic) bond motifs is 1. The summed E-state index contributed by atoms with van der Waals surface area (Å²) in [5.41, 5.74) is 1.94. The van der Waals surface area contributed by atoms with Gasteiger partial charge in [-0.2, -0.15) is 0 Å². The van der Waals surface area contributed by atoms with Gasteiger partial charge in [-0.05, 0) is 52.9 Å². The van der Waals surface area contributed by atoms with Gasteiger partial charge in [-0.15, -0.1) is 11.3 Å². The Morgan fingerprint density at radius 3 is 2.67 bits per heavy atom. The number of thiophene rings is 1. The molecule has 0 saturated carbocycles. The first-order chi connectivity index (χ1) is 17.4. The van der Waals surface area contributed by atoms with Crippen molar-refractivity contribution in [3.63, 3.8) is 0 Å². The summed E-state index contributed by atoms with van der Waals surface area (Å²) >= 11 is 2.30. The number of hydrogen-bond acceptors (Lipinski definition) is 8. The number of anilines is 1. The molecule has 2 aromatic carbocycles. The summed E-state index contributed by atoms with van der Waals surface area (Å²) in [4.78, 5) is 27.6. The lowest BCUT2D eigenvalue weighted by Crippen LogP contribution is -2.16. The van der Waals surface area contributed by atoms with Crippen LogP contribution < -0.4 is 20.4 Å². The van der Waals surface area contributed by atoms with E-state index in [4.69, 9.17) is 9.15 Å². The van der Waals surface area contributed by atoms with Gasteiger partial charge in [-0.25, -0.2) is 4.39 Å². The summed E-state index contributed by atoms with van der Waals surface area (Å²) < 4.78 is 25.5. The fourth-order valence-electron chi connectivity index (χ4n) is 3.64. The highest BCUT2D eigenvalue weighted by atomic mass is 32.1. The maximum atomic E-state index is 13.8. The number of aromatic amines is 1. The topological polar surface area (TPSA) is 105 Å². The standard InChI is InChI=1S/C26H19FN2O5S2/c1-14(24-25(31)29-26(32)36-24)15-4-7-17(8-5-15)28-10-11-33-23-21(30)18-13-16(27)6-9-19(18)34-22(23)20-3-2-12-35-20/h2-9,12-13,28,31H,1,10-11H2,(H,29,32). The molecule has 0 amide bonds. The van der Waals surface area contributed by atoms with Crippen LogP contribution in [-0.4, -0.2) is 23.2 Å². The molecule has 0 saturated heterocycles. The molecule has 7 nitrogen and oxygen atoms in total. The molecule has 3 aromatic heterocycles. The van der Waals surface area contributed by atoms with Gasteiger partial charge in [-0.3, -0.25) is 14.6 Å². The Morgan fingerprint density at radius 1 is 1.17 bits per heavy atom. The van der Waals surface area contributed by atoms with Gasteiger partial charge >= 0.3 is 4.87 Å². The van der Waals surface area contributed by atoms with Crippen LogP contribution in [0, 0.1) is 5.82 Å². The normalized spacial score (nSPS) is 11.0. The van der Waals surface area contributed by atoms with Crippen molar-refractivity contribution in [2.75, 3.05) is 18.5 Å². The Morgan fingerprint density at radius 2 is 1.97 bits per heavy atom. The number of thiazole rings is 1. The van der Waals surface area contributed by atoms with E-state index < -0.39 is 11.2 Å².